The van der Waals surface area contributed by atoms with Gasteiger partial charge in [-0.25, -0.2) is 0 Å². The molecule has 1 aromatic carbocycles. The second-order valence-corrected chi connectivity index (χ2v) is 8.62. The Kier molecular flexibility index (Phi) is 9.75. The van der Waals surface area contributed by atoms with Crippen molar-refractivity contribution in [2.45, 2.75) is 32.6 Å². The van der Waals surface area contributed by atoms with Crippen molar-refractivity contribution in [1.29, 1.82) is 0 Å². The number of likely N-dealkylation sites (tertiary alicyclic amines) is 1. The molecule has 0 aromatic heterocycles. The van der Waals surface area contributed by atoms with Gasteiger partial charge in [0.05, 0.1) is 0 Å². The Morgan fingerprint density at radius 2 is 1.94 bits per heavy atom. The number of nitrogens with one attached hydrogen (secondary N) is 2. The summed E-state index contributed by atoms with van der Waals surface area (Å²) in [7, 11) is 0. The number of hydrogen-bond acceptors (Lipinski definition) is 4. The van der Waals surface area contributed by atoms with Gasteiger partial charge in [-0.1, -0.05) is 17.7 Å². The highest BCUT2D eigenvalue weighted by Crippen LogP contribution is 2.20. The van der Waals surface area contributed by atoms with E-state index < -0.39 is 0 Å². The summed E-state index contributed by atoms with van der Waals surface area (Å²) < 4.78 is 0. The van der Waals surface area contributed by atoms with Crippen molar-refractivity contribution in [3.63, 3.8) is 0 Å². The zero-order chi connectivity index (χ0) is 21.9. The lowest BCUT2D eigenvalue weighted by Gasteiger charge is -2.36. The summed E-state index contributed by atoms with van der Waals surface area (Å²) in [5, 5.41) is 7.56. The molecule has 0 saturated carbocycles. The molecule has 0 spiro atoms. The van der Waals surface area contributed by atoms with Crippen LogP contribution < -0.4 is 15.5 Å². The van der Waals surface area contributed by atoms with Gasteiger partial charge in [-0.2, -0.15) is 0 Å². The summed E-state index contributed by atoms with van der Waals surface area (Å²) in [5.41, 5.74) is 1.22. The first-order chi connectivity index (χ1) is 15.2. The number of piperazine rings is 1. The van der Waals surface area contributed by atoms with Crippen molar-refractivity contribution >= 4 is 29.2 Å². The van der Waals surface area contributed by atoms with Gasteiger partial charge in [-0.05, 0) is 50.9 Å². The van der Waals surface area contributed by atoms with Gasteiger partial charge in [0.15, 0.2) is 5.96 Å². The van der Waals surface area contributed by atoms with Gasteiger partial charge < -0.3 is 20.4 Å². The van der Waals surface area contributed by atoms with Gasteiger partial charge in [-0.15, -0.1) is 0 Å². The molecule has 3 rings (SSSR count). The Morgan fingerprint density at radius 3 is 2.65 bits per heavy atom. The third-order valence-electron chi connectivity index (χ3n) is 5.86. The molecular formula is C23H37ClN6O. The Morgan fingerprint density at radius 1 is 1.10 bits per heavy atom. The molecule has 1 amide bonds. The van der Waals surface area contributed by atoms with Crippen LogP contribution in [0.4, 0.5) is 5.69 Å². The predicted octanol–water partition coefficient (Wildman–Crippen LogP) is 2.42. The number of carbonyl (C=O) groups is 1. The Bertz CT molecular complexity index is 720. The van der Waals surface area contributed by atoms with Crippen molar-refractivity contribution in [3.05, 3.63) is 29.3 Å². The fraction of sp³-hybridized carbons (Fsp3) is 0.652. The lowest BCUT2D eigenvalue weighted by atomic mass is 10.2. The molecule has 0 unspecified atom stereocenters. The number of guanidine groups is 1. The molecule has 2 N–H and O–H groups in total. The molecule has 2 aliphatic heterocycles. The number of rotatable bonds is 10. The molecule has 7 nitrogen and oxygen atoms in total. The quantitative estimate of drug-likeness (QED) is 0.327. The summed E-state index contributed by atoms with van der Waals surface area (Å²) in [6, 6.07) is 8.13. The minimum atomic E-state index is 0.294. The summed E-state index contributed by atoms with van der Waals surface area (Å²) in [4.78, 5) is 23.2. The normalized spacial score (nSPS) is 18.0. The second kappa shape index (κ2) is 12.8. The van der Waals surface area contributed by atoms with E-state index >= 15 is 0 Å². The third kappa shape index (κ3) is 7.89. The minimum absolute atomic E-state index is 0.294. The maximum Gasteiger partial charge on any atom is 0.222 e. The molecule has 8 heteroatoms. The van der Waals surface area contributed by atoms with Crippen LogP contribution in [0.5, 0.6) is 0 Å². The van der Waals surface area contributed by atoms with Crippen molar-refractivity contribution in [1.82, 2.24) is 20.4 Å². The second-order valence-electron chi connectivity index (χ2n) is 8.19. The zero-order valence-corrected chi connectivity index (χ0v) is 19.5. The molecular weight excluding hydrogens is 412 g/mol. The molecule has 2 heterocycles. The van der Waals surface area contributed by atoms with Gasteiger partial charge in [0.2, 0.25) is 5.91 Å². The maximum absolute atomic E-state index is 11.7. The van der Waals surface area contributed by atoms with Crippen LogP contribution in [0.3, 0.4) is 0 Å². The van der Waals surface area contributed by atoms with E-state index in [1.165, 1.54) is 5.69 Å². The van der Waals surface area contributed by atoms with Gasteiger partial charge >= 0.3 is 0 Å². The van der Waals surface area contributed by atoms with Crippen molar-refractivity contribution < 1.29 is 4.79 Å². The summed E-state index contributed by atoms with van der Waals surface area (Å²) in [6.45, 7) is 11.6. The standard InChI is InChI=1S/C23H37ClN6O/c1-2-25-23(27-11-6-14-30-13-4-9-22(30)31)26-10-5-12-28-15-17-29(18-16-28)21-8-3-7-20(24)19-21/h3,7-8,19H,2,4-6,9-18H2,1H3,(H2,25,26,27). The number of hydrogen-bond donors (Lipinski definition) is 2. The van der Waals surface area contributed by atoms with Gasteiger partial charge in [0, 0.05) is 76.0 Å². The van der Waals surface area contributed by atoms with E-state index in [0.29, 0.717) is 12.3 Å². The lowest BCUT2D eigenvalue weighted by Crippen LogP contribution is -2.47. The van der Waals surface area contributed by atoms with Crippen molar-refractivity contribution in [2.24, 2.45) is 4.99 Å². The zero-order valence-electron chi connectivity index (χ0n) is 18.8. The number of anilines is 1. The van der Waals surface area contributed by atoms with Crippen LogP contribution in [-0.4, -0.2) is 87.1 Å². The van der Waals surface area contributed by atoms with Crippen LogP contribution in [0.1, 0.15) is 32.6 Å². The van der Waals surface area contributed by atoms with Crippen LogP contribution in [-0.2, 0) is 4.79 Å². The van der Waals surface area contributed by atoms with E-state index in [2.05, 4.69) is 38.4 Å². The largest absolute Gasteiger partial charge is 0.369 e. The molecule has 0 radical (unpaired) electrons. The molecule has 2 saturated heterocycles. The number of amides is 1. The monoisotopic (exact) mass is 448 g/mol. The average molecular weight is 449 g/mol. The Labute approximate surface area is 191 Å². The lowest BCUT2D eigenvalue weighted by molar-refractivity contribution is -0.127. The SMILES string of the molecule is CCNC(=NCCCN1CCCC1=O)NCCCN1CCN(c2cccc(Cl)c2)CC1. The molecule has 2 aliphatic rings. The molecule has 31 heavy (non-hydrogen) atoms. The Hall–Kier alpha value is -1.99. The molecule has 0 atom stereocenters. The topological polar surface area (TPSA) is 63.2 Å². The van der Waals surface area contributed by atoms with Gasteiger partial charge in [0.25, 0.3) is 0 Å². The number of carbonyl (C=O) groups excluding carboxylic acids is 1. The van der Waals surface area contributed by atoms with Crippen LogP contribution in [0, 0.1) is 0 Å². The highest BCUT2D eigenvalue weighted by molar-refractivity contribution is 6.30. The minimum Gasteiger partial charge on any atom is -0.369 e. The van der Waals surface area contributed by atoms with Crippen LogP contribution in [0.2, 0.25) is 5.02 Å². The summed E-state index contributed by atoms with van der Waals surface area (Å²) in [5.74, 6) is 1.17. The van der Waals surface area contributed by atoms with E-state index in [1.807, 2.05) is 23.1 Å². The first-order valence-electron chi connectivity index (χ1n) is 11.7. The van der Waals surface area contributed by atoms with E-state index in [0.717, 1.165) is 95.7 Å². The van der Waals surface area contributed by atoms with Crippen LogP contribution in [0.15, 0.2) is 29.3 Å². The van der Waals surface area contributed by atoms with Crippen molar-refractivity contribution in [3.8, 4) is 0 Å². The first kappa shape index (κ1) is 23.7. The van der Waals surface area contributed by atoms with E-state index in [4.69, 9.17) is 11.6 Å². The highest BCUT2D eigenvalue weighted by Gasteiger charge is 2.19. The number of halogens is 1. The Balaban J connectivity index is 1.29. The van der Waals surface area contributed by atoms with Crippen molar-refractivity contribution in [2.75, 3.05) is 70.3 Å². The smallest absolute Gasteiger partial charge is 0.222 e. The molecule has 172 valence electrons. The fourth-order valence-corrected chi connectivity index (χ4v) is 4.33. The first-order valence-corrected chi connectivity index (χ1v) is 12.1. The highest BCUT2D eigenvalue weighted by atomic mass is 35.5. The maximum atomic E-state index is 11.7. The van der Waals surface area contributed by atoms with Crippen LogP contribution in [0.25, 0.3) is 0 Å². The summed E-state index contributed by atoms with van der Waals surface area (Å²) in [6.07, 6.45) is 3.72. The molecule has 0 aliphatic carbocycles. The average Bonchev–Trinajstić information content (AvgIpc) is 3.19. The molecule has 1 aromatic rings. The fourth-order valence-electron chi connectivity index (χ4n) is 4.15. The van der Waals surface area contributed by atoms with E-state index in [9.17, 15) is 4.79 Å². The van der Waals surface area contributed by atoms with E-state index in [1.54, 1.807) is 0 Å². The number of nitrogens with zero attached hydrogens (tertiary/aromatic N) is 4. The molecule has 0 bridgehead atoms. The third-order valence-corrected chi connectivity index (χ3v) is 6.10. The van der Waals surface area contributed by atoms with E-state index in [-0.39, 0.29) is 0 Å². The number of aliphatic imine (C=N–C) groups is 1. The predicted molar refractivity (Wildman–Crippen MR) is 129 cm³/mol. The summed E-state index contributed by atoms with van der Waals surface area (Å²) >= 11 is 6.13. The molecule has 2 fully saturated rings. The van der Waals surface area contributed by atoms with Gasteiger partial charge in [-0.3, -0.25) is 14.7 Å². The van der Waals surface area contributed by atoms with Gasteiger partial charge in [0.1, 0.15) is 0 Å². The number of benzene rings is 1. The van der Waals surface area contributed by atoms with Crippen LogP contribution >= 0.6 is 11.6 Å².